The van der Waals surface area contributed by atoms with E-state index in [-0.39, 0.29) is 5.78 Å². The molecule has 0 spiro atoms. The molecule has 0 bridgehead atoms. The second-order valence-electron chi connectivity index (χ2n) is 3.74. The van der Waals surface area contributed by atoms with Crippen molar-refractivity contribution in [1.29, 1.82) is 0 Å². The van der Waals surface area contributed by atoms with Gasteiger partial charge in [0.25, 0.3) is 0 Å². The van der Waals surface area contributed by atoms with E-state index in [9.17, 15) is 4.79 Å². The SMILES string of the molecule is Cc1cccc2c1C/C=C\CCC2=O. The van der Waals surface area contributed by atoms with Crippen LogP contribution in [0.1, 0.15) is 34.3 Å². The first-order chi connectivity index (χ1) is 6.79. The number of rotatable bonds is 0. The summed E-state index contributed by atoms with van der Waals surface area (Å²) in [6.45, 7) is 2.07. The van der Waals surface area contributed by atoms with Crippen molar-refractivity contribution in [2.45, 2.75) is 26.2 Å². The Morgan fingerprint density at radius 1 is 1.21 bits per heavy atom. The summed E-state index contributed by atoms with van der Waals surface area (Å²) in [5.41, 5.74) is 3.35. The van der Waals surface area contributed by atoms with Crippen molar-refractivity contribution in [3.63, 3.8) is 0 Å². The van der Waals surface area contributed by atoms with Gasteiger partial charge in [0.05, 0.1) is 0 Å². The summed E-state index contributed by atoms with van der Waals surface area (Å²) in [7, 11) is 0. The molecule has 14 heavy (non-hydrogen) atoms. The molecule has 0 aromatic heterocycles. The van der Waals surface area contributed by atoms with Gasteiger partial charge in [0.2, 0.25) is 0 Å². The molecule has 72 valence electrons. The molecular formula is C13H14O. The van der Waals surface area contributed by atoms with Crippen LogP contribution in [-0.2, 0) is 6.42 Å². The minimum atomic E-state index is 0.285. The second-order valence-corrected chi connectivity index (χ2v) is 3.74. The Kier molecular flexibility index (Phi) is 2.49. The maximum absolute atomic E-state index is 11.8. The van der Waals surface area contributed by atoms with Crippen molar-refractivity contribution < 1.29 is 4.79 Å². The van der Waals surface area contributed by atoms with E-state index in [1.807, 2.05) is 12.1 Å². The Morgan fingerprint density at radius 3 is 2.93 bits per heavy atom. The topological polar surface area (TPSA) is 17.1 Å². The number of benzene rings is 1. The molecule has 1 aromatic carbocycles. The first-order valence-electron chi connectivity index (χ1n) is 5.06. The summed E-state index contributed by atoms with van der Waals surface area (Å²) < 4.78 is 0. The molecule has 1 aliphatic rings. The number of aryl methyl sites for hydroxylation is 1. The van der Waals surface area contributed by atoms with Crippen LogP contribution in [0.15, 0.2) is 30.4 Å². The molecule has 0 heterocycles. The highest BCUT2D eigenvalue weighted by atomic mass is 16.1. The van der Waals surface area contributed by atoms with E-state index in [0.717, 1.165) is 18.4 Å². The smallest absolute Gasteiger partial charge is 0.163 e. The molecule has 0 aliphatic heterocycles. The van der Waals surface area contributed by atoms with Crippen LogP contribution in [0.3, 0.4) is 0 Å². The zero-order chi connectivity index (χ0) is 9.97. The monoisotopic (exact) mass is 186 g/mol. The lowest BCUT2D eigenvalue weighted by atomic mass is 9.92. The van der Waals surface area contributed by atoms with Gasteiger partial charge in [-0.15, -0.1) is 0 Å². The van der Waals surface area contributed by atoms with Gasteiger partial charge < -0.3 is 0 Å². The molecule has 0 saturated carbocycles. The number of hydrogen-bond acceptors (Lipinski definition) is 1. The van der Waals surface area contributed by atoms with Crippen LogP contribution in [0.2, 0.25) is 0 Å². The third kappa shape index (κ3) is 1.63. The number of fused-ring (bicyclic) bond motifs is 1. The predicted octanol–water partition coefficient (Wildman–Crippen LogP) is 3.07. The Morgan fingerprint density at radius 2 is 2.07 bits per heavy atom. The van der Waals surface area contributed by atoms with E-state index in [1.54, 1.807) is 0 Å². The Hall–Kier alpha value is -1.37. The molecular weight excluding hydrogens is 172 g/mol. The molecule has 1 heteroatoms. The fraction of sp³-hybridized carbons (Fsp3) is 0.308. The summed E-state index contributed by atoms with van der Waals surface area (Å²) in [4.78, 5) is 11.8. The van der Waals surface area contributed by atoms with Gasteiger partial charge in [-0.3, -0.25) is 4.79 Å². The van der Waals surface area contributed by atoms with E-state index in [0.29, 0.717) is 6.42 Å². The van der Waals surface area contributed by atoms with Gasteiger partial charge in [0, 0.05) is 12.0 Å². The van der Waals surface area contributed by atoms with E-state index >= 15 is 0 Å². The van der Waals surface area contributed by atoms with E-state index < -0.39 is 0 Å². The summed E-state index contributed by atoms with van der Waals surface area (Å²) >= 11 is 0. The maximum atomic E-state index is 11.8. The van der Waals surface area contributed by atoms with Gasteiger partial charge in [-0.1, -0.05) is 30.4 Å². The molecule has 0 fully saturated rings. The minimum absolute atomic E-state index is 0.285. The highest BCUT2D eigenvalue weighted by Crippen LogP contribution is 2.19. The third-order valence-electron chi connectivity index (χ3n) is 2.74. The van der Waals surface area contributed by atoms with Crippen LogP contribution >= 0.6 is 0 Å². The van der Waals surface area contributed by atoms with Gasteiger partial charge >= 0.3 is 0 Å². The quantitative estimate of drug-likeness (QED) is 0.569. The summed E-state index contributed by atoms with van der Waals surface area (Å²) in [5, 5.41) is 0. The Labute approximate surface area is 84.5 Å². The number of carbonyl (C=O) groups excluding carboxylic acids is 1. The first-order valence-corrected chi connectivity index (χ1v) is 5.06. The average Bonchev–Trinajstić information content (AvgIpc) is 2.16. The van der Waals surface area contributed by atoms with Crippen molar-refractivity contribution in [2.24, 2.45) is 0 Å². The van der Waals surface area contributed by atoms with Crippen LogP contribution in [0.5, 0.6) is 0 Å². The number of hydrogen-bond donors (Lipinski definition) is 0. The summed E-state index contributed by atoms with van der Waals surface area (Å²) in [5.74, 6) is 0.285. The lowest BCUT2D eigenvalue weighted by Crippen LogP contribution is -2.06. The zero-order valence-electron chi connectivity index (χ0n) is 8.42. The molecule has 0 N–H and O–H groups in total. The van der Waals surface area contributed by atoms with Gasteiger partial charge in [0.15, 0.2) is 5.78 Å². The van der Waals surface area contributed by atoms with Gasteiger partial charge in [0.1, 0.15) is 0 Å². The van der Waals surface area contributed by atoms with E-state index in [4.69, 9.17) is 0 Å². The Bertz CT molecular complexity index is 388. The number of ketones is 1. The number of allylic oxidation sites excluding steroid dienone is 2. The normalized spacial score (nSPS) is 18.2. The summed E-state index contributed by atoms with van der Waals surface area (Å²) in [6.07, 6.45) is 6.69. The van der Waals surface area contributed by atoms with E-state index in [1.165, 1.54) is 11.1 Å². The van der Waals surface area contributed by atoms with Crippen molar-refractivity contribution in [3.05, 3.63) is 47.0 Å². The molecule has 1 aromatic rings. The average molecular weight is 186 g/mol. The minimum Gasteiger partial charge on any atom is -0.294 e. The van der Waals surface area contributed by atoms with Crippen LogP contribution < -0.4 is 0 Å². The molecule has 0 unspecified atom stereocenters. The van der Waals surface area contributed by atoms with E-state index in [2.05, 4.69) is 25.1 Å². The van der Waals surface area contributed by atoms with Crippen LogP contribution in [0.4, 0.5) is 0 Å². The fourth-order valence-electron chi connectivity index (χ4n) is 1.90. The molecule has 0 radical (unpaired) electrons. The summed E-state index contributed by atoms with van der Waals surface area (Å²) in [6, 6.07) is 5.99. The lowest BCUT2D eigenvalue weighted by Gasteiger charge is -2.11. The number of Topliss-reactive ketones (excluding diaryl/α,β-unsaturated/α-hetero) is 1. The number of carbonyl (C=O) groups is 1. The molecule has 1 aliphatic carbocycles. The van der Waals surface area contributed by atoms with Crippen LogP contribution in [0.25, 0.3) is 0 Å². The maximum Gasteiger partial charge on any atom is 0.163 e. The molecule has 2 rings (SSSR count). The fourth-order valence-corrected chi connectivity index (χ4v) is 1.90. The van der Waals surface area contributed by atoms with Crippen molar-refractivity contribution in [2.75, 3.05) is 0 Å². The molecule has 1 nitrogen and oxygen atoms in total. The highest BCUT2D eigenvalue weighted by Gasteiger charge is 2.12. The van der Waals surface area contributed by atoms with Crippen molar-refractivity contribution in [1.82, 2.24) is 0 Å². The highest BCUT2D eigenvalue weighted by molar-refractivity contribution is 5.98. The van der Waals surface area contributed by atoms with Gasteiger partial charge in [-0.2, -0.15) is 0 Å². The first kappa shape index (κ1) is 9.20. The predicted molar refractivity (Wildman–Crippen MR) is 57.6 cm³/mol. The van der Waals surface area contributed by atoms with Crippen molar-refractivity contribution >= 4 is 5.78 Å². The molecule has 0 saturated heterocycles. The van der Waals surface area contributed by atoms with Gasteiger partial charge in [-0.25, -0.2) is 0 Å². The standard InChI is InChI=1S/C13H14O/c1-10-6-5-8-12-11(10)7-3-2-4-9-13(12)14/h2-3,5-6,8H,4,7,9H2,1H3/b3-2-. The van der Waals surface area contributed by atoms with Crippen LogP contribution in [0, 0.1) is 6.92 Å². The molecule has 0 atom stereocenters. The van der Waals surface area contributed by atoms with Crippen molar-refractivity contribution in [3.8, 4) is 0 Å². The second kappa shape index (κ2) is 3.79. The van der Waals surface area contributed by atoms with Gasteiger partial charge in [-0.05, 0) is 30.9 Å². The Balaban J connectivity index is 2.53. The third-order valence-corrected chi connectivity index (χ3v) is 2.74. The molecule has 0 amide bonds. The largest absolute Gasteiger partial charge is 0.294 e. The zero-order valence-corrected chi connectivity index (χ0v) is 8.42. The lowest BCUT2D eigenvalue weighted by molar-refractivity contribution is 0.0982. The van der Waals surface area contributed by atoms with Crippen LogP contribution in [-0.4, -0.2) is 5.78 Å².